The molecule has 2 heterocycles. The lowest BCUT2D eigenvalue weighted by Gasteiger charge is -2.60. The second-order valence-electron chi connectivity index (χ2n) is 6.47. The predicted molar refractivity (Wildman–Crippen MR) is 88.5 cm³/mol. The van der Waals surface area contributed by atoms with Crippen LogP contribution in [0.3, 0.4) is 0 Å². The minimum absolute atomic E-state index is 0.104. The van der Waals surface area contributed by atoms with Crippen LogP contribution in [0.25, 0.3) is 4.96 Å². The number of urea groups is 1. The molecule has 2 aromatic heterocycles. The third kappa shape index (κ3) is 2.52. The van der Waals surface area contributed by atoms with Gasteiger partial charge in [-0.3, -0.25) is 4.40 Å². The zero-order valence-corrected chi connectivity index (χ0v) is 14.1. The second kappa shape index (κ2) is 5.79. The Bertz CT molecular complexity index is 677. The zero-order valence-electron chi connectivity index (χ0n) is 13.2. The van der Waals surface area contributed by atoms with Gasteiger partial charge in [0.05, 0.1) is 18.3 Å². The summed E-state index contributed by atoms with van der Waals surface area (Å²) in [6.07, 6.45) is 8.76. The first-order valence-corrected chi connectivity index (χ1v) is 9.16. The minimum atomic E-state index is -0.104. The molecule has 23 heavy (non-hydrogen) atoms. The molecule has 0 radical (unpaired) electrons. The number of thiazole rings is 1. The van der Waals surface area contributed by atoms with Crippen LogP contribution in [-0.2, 0) is 11.3 Å². The Morgan fingerprint density at radius 3 is 3.13 bits per heavy atom. The number of nitrogens with zero attached hydrogens (tertiary/aromatic N) is 2. The summed E-state index contributed by atoms with van der Waals surface area (Å²) < 4.78 is 7.79. The van der Waals surface area contributed by atoms with Gasteiger partial charge in [0.2, 0.25) is 0 Å². The quantitative estimate of drug-likeness (QED) is 0.883. The van der Waals surface area contributed by atoms with E-state index in [1.807, 2.05) is 29.1 Å². The number of fused-ring (bicyclic) bond motifs is 1. The maximum atomic E-state index is 12.2. The highest BCUT2D eigenvalue weighted by atomic mass is 32.1. The number of ether oxygens (including phenoxy) is 1. The Morgan fingerprint density at radius 2 is 2.43 bits per heavy atom. The average Bonchev–Trinajstić information content (AvgIpc) is 3.03. The van der Waals surface area contributed by atoms with E-state index >= 15 is 0 Å². The Kier molecular flexibility index (Phi) is 3.77. The standard InChI is InChI=1S/C16H22N4O2S/c1-2-22-13-8-12(16(13)4-3-5-16)19-14(21)17-9-11-10-20-6-7-23-15(20)18-11/h6-7,10,12-13H,2-5,8-9H2,1H3,(H2,17,19,21)/t12-,13-/m1/s1. The number of aromatic nitrogens is 2. The first-order chi connectivity index (χ1) is 11.2. The molecule has 2 aliphatic carbocycles. The predicted octanol–water partition coefficient (Wildman–Crippen LogP) is 2.54. The molecular formula is C16H22N4O2S. The second-order valence-corrected chi connectivity index (χ2v) is 7.34. The Morgan fingerprint density at radius 1 is 1.57 bits per heavy atom. The van der Waals surface area contributed by atoms with E-state index in [-0.39, 0.29) is 17.5 Å². The van der Waals surface area contributed by atoms with Gasteiger partial charge in [0, 0.05) is 35.8 Å². The number of hydrogen-bond acceptors (Lipinski definition) is 4. The molecule has 2 aromatic rings. The smallest absolute Gasteiger partial charge is 0.315 e. The molecule has 2 atom stereocenters. The SMILES string of the molecule is CCO[C@@H]1C[C@@H](NC(=O)NCc2cn3ccsc3n2)C12CCC2. The van der Waals surface area contributed by atoms with Gasteiger partial charge in [0.25, 0.3) is 0 Å². The average molecular weight is 334 g/mol. The summed E-state index contributed by atoms with van der Waals surface area (Å²) in [5.41, 5.74) is 1.08. The van der Waals surface area contributed by atoms with Crippen LogP contribution in [-0.4, -0.2) is 34.2 Å². The van der Waals surface area contributed by atoms with E-state index in [1.54, 1.807) is 11.3 Å². The number of hydrogen-bond donors (Lipinski definition) is 2. The molecule has 1 spiro atoms. The lowest BCUT2D eigenvalue weighted by Crippen LogP contribution is -2.68. The lowest BCUT2D eigenvalue weighted by atomic mass is 9.51. The van der Waals surface area contributed by atoms with Crippen LogP contribution < -0.4 is 10.6 Å². The van der Waals surface area contributed by atoms with Crippen LogP contribution >= 0.6 is 11.3 Å². The zero-order chi connectivity index (χ0) is 15.9. The molecular weight excluding hydrogens is 312 g/mol. The lowest BCUT2D eigenvalue weighted by molar-refractivity contribution is -0.169. The van der Waals surface area contributed by atoms with Crippen molar-refractivity contribution in [2.24, 2.45) is 5.41 Å². The number of imidazole rings is 1. The van der Waals surface area contributed by atoms with E-state index in [1.165, 1.54) is 19.3 Å². The van der Waals surface area contributed by atoms with Gasteiger partial charge in [-0.2, -0.15) is 0 Å². The van der Waals surface area contributed by atoms with Crippen LogP contribution in [0.2, 0.25) is 0 Å². The molecule has 2 fully saturated rings. The van der Waals surface area contributed by atoms with E-state index in [4.69, 9.17) is 4.74 Å². The molecule has 0 unspecified atom stereocenters. The molecule has 6 nitrogen and oxygen atoms in total. The van der Waals surface area contributed by atoms with Crippen molar-refractivity contribution in [3.63, 3.8) is 0 Å². The number of carbonyl (C=O) groups excluding carboxylic acids is 1. The number of amides is 2. The van der Waals surface area contributed by atoms with E-state index in [0.29, 0.717) is 12.6 Å². The third-order valence-corrected chi connectivity index (χ3v) is 6.09. The molecule has 0 bridgehead atoms. The van der Waals surface area contributed by atoms with Crippen molar-refractivity contribution >= 4 is 22.3 Å². The highest BCUT2D eigenvalue weighted by Gasteiger charge is 2.59. The van der Waals surface area contributed by atoms with Crippen LogP contribution in [0, 0.1) is 5.41 Å². The van der Waals surface area contributed by atoms with Crippen molar-refractivity contribution in [2.45, 2.75) is 51.3 Å². The largest absolute Gasteiger partial charge is 0.378 e. The molecule has 2 aliphatic rings. The van der Waals surface area contributed by atoms with Gasteiger partial charge < -0.3 is 15.4 Å². The Hall–Kier alpha value is -1.60. The van der Waals surface area contributed by atoms with Crippen LogP contribution in [0.1, 0.15) is 38.3 Å². The molecule has 2 amide bonds. The summed E-state index contributed by atoms with van der Waals surface area (Å²) in [7, 11) is 0. The van der Waals surface area contributed by atoms with Crippen LogP contribution in [0.15, 0.2) is 17.8 Å². The normalized spacial score (nSPS) is 25.1. The van der Waals surface area contributed by atoms with Gasteiger partial charge in [-0.25, -0.2) is 9.78 Å². The van der Waals surface area contributed by atoms with Crippen molar-refractivity contribution < 1.29 is 9.53 Å². The van der Waals surface area contributed by atoms with Crippen LogP contribution in [0.4, 0.5) is 4.79 Å². The van der Waals surface area contributed by atoms with E-state index in [9.17, 15) is 4.79 Å². The fourth-order valence-electron chi connectivity index (χ4n) is 3.88. The van der Waals surface area contributed by atoms with Gasteiger partial charge in [0.1, 0.15) is 0 Å². The van der Waals surface area contributed by atoms with Crippen molar-refractivity contribution in [3.05, 3.63) is 23.5 Å². The summed E-state index contributed by atoms with van der Waals surface area (Å²) >= 11 is 1.59. The topological polar surface area (TPSA) is 67.7 Å². The number of nitrogens with one attached hydrogen (secondary N) is 2. The van der Waals surface area contributed by atoms with Gasteiger partial charge in [-0.15, -0.1) is 11.3 Å². The maximum Gasteiger partial charge on any atom is 0.315 e. The van der Waals surface area contributed by atoms with E-state index in [2.05, 4.69) is 15.6 Å². The van der Waals surface area contributed by atoms with Crippen molar-refractivity contribution in [3.8, 4) is 0 Å². The minimum Gasteiger partial charge on any atom is -0.378 e. The van der Waals surface area contributed by atoms with Gasteiger partial charge in [-0.05, 0) is 26.2 Å². The molecule has 2 saturated carbocycles. The molecule has 0 aliphatic heterocycles. The summed E-state index contributed by atoms with van der Waals surface area (Å²) in [4.78, 5) is 17.6. The van der Waals surface area contributed by atoms with Gasteiger partial charge in [-0.1, -0.05) is 6.42 Å². The van der Waals surface area contributed by atoms with Crippen molar-refractivity contribution in [1.29, 1.82) is 0 Å². The summed E-state index contributed by atoms with van der Waals surface area (Å²) in [6, 6.07) is 0.144. The number of carbonyl (C=O) groups is 1. The first-order valence-electron chi connectivity index (χ1n) is 8.28. The van der Waals surface area contributed by atoms with Crippen LogP contribution in [0.5, 0.6) is 0 Å². The summed E-state index contributed by atoms with van der Waals surface area (Å²) in [5.74, 6) is 0. The van der Waals surface area contributed by atoms with Crippen molar-refractivity contribution in [2.75, 3.05) is 6.61 Å². The summed E-state index contributed by atoms with van der Waals surface area (Å²) in [5, 5.41) is 8.05. The van der Waals surface area contributed by atoms with E-state index in [0.717, 1.165) is 23.7 Å². The van der Waals surface area contributed by atoms with E-state index < -0.39 is 0 Å². The Balaban J connectivity index is 1.29. The fourth-order valence-corrected chi connectivity index (χ4v) is 4.60. The number of rotatable bonds is 5. The fraction of sp³-hybridized carbons (Fsp3) is 0.625. The Labute approximate surface area is 139 Å². The molecule has 7 heteroatoms. The van der Waals surface area contributed by atoms with Gasteiger partial charge >= 0.3 is 6.03 Å². The van der Waals surface area contributed by atoms with Gasteiger partial charge in [0.15, 0.2) is 4.96 Å². The molecule has 0 saturated heterocycles. The van der Waals surface area contributed by atoms with Crippen molar-refractivity contribution in [1.82, 2.24) is 20.0 Å². The monoisotopic (exact) mass is 334 g/mol. The summed E-state index contributed by atoms with van der Waals surface area (Å²) in [6.45, 7) is 3.24. The highest BCUT2D eigenvalue weighted by molar-refractivity contribution is 7.15. The highest BCUT2D eigenvalue weighted by Crippen LogP contribution is 2.57. The molecule has 0 aromatic carbocycles. The first kappa shape index (κ1) is 15.0. The third-order valence-electron chi connectivity index (χ3n) is 5.32. The molecule has 2 N–H and O–H groups in total. The molecule has 4 rings (SSSR count). The molecule has 124 valence electrons. The maximum absolute atomic E-state index is 12.2.